The lowest BCUT2D eigenvalue weighted by atomic mass is 10.1. The molecule has 0 radical (unpaired) electrons. The summed E-state index contributed by atoms with van der Waals surface area (Å²) in [5.41, 5.74) is 2.19. The molecule has 29 heavy (non-hydrogen) atoms. The molecule has 0 fully saturated rings. The lowest BCUT2D eigenvalue weighted by Gasteiger charge is -2.22. The third-order valence-electron chi connectivity index (χ3n) is 4.57. The van der Waals surface area contributed by atoms with Crippen LogP contribution in [0.5, 0.6) is 5.75 Å². The molecule has 1 aromatic heterocycles. The summed E-state index contributed by atoms with van der Waals surface area (Å²) in [5.74, 6) is 0.0736. The molecule has 0 aliphatic heterocycles. The molecule has 0 spiro atoms. The Bertz CT molecular complexity index is 1110. The molecule has 3 aromatic rings. The van der Waals surface area contributed by atoms with Gasteiger partial charge in [0.05, 0.1) is 30.2 Å². The van der Waals surface area contributed by atoms with E-state index >= 15 is 0 Å². The van der Waals surface area contributed by atoms with Gasteiger partial charge in [0.15, 0.2) is 0 Å². The molecule has 2 aromatic carbocycles. The summed E-state index contributed by atoms with van der Waals surface area (Å²) in [7, 11) is -0.967. The lowest BCUT2D eigenvalue weighted by molar-refractivity contribution is 0.0950. The highest BCUT2D eigenvalue weighted by Crippen LogP contribution is 2.31. The van der Waals surface area contributed by atoms with E-state index in [4.69, 9.17) is 9.15 Å². The molecule has 7 nitrogen and oxygen atoms in total. The number of furan rings is 1. The van der Waals surface area contributed by atoms with Gasteiger partial charge in [0.25, 0.3) is 15.9 Å². The van der Waals surface area contributed by atoms with Gasteiger partial charge in [0.2, 0.25) is 0 Å². The SMILES string of the molecule is COc1ccccc1N(C)S(=O)(=O)c1ccc(C)c(C(=O)NCc2ccoc2)c1. The topological polar surface area (TPSA) is 88.8 Å². The van der Waals surface area contributed by atoms with Crippen molar-refractivity contribution in [2.24, 2.45) is 0 Å². The minimum Gasteiger partial charge on any atom is -0.495 e. The smallest absolute Gasteiger partial charge is 0.264 e. The van der Waals surface area contributed by atoms with E-state index in [1.165, 1.54) is 38.8 Å². The summed E-state index contributed by atoms with van der Waals surface area (Å²) >= 11 is 0. The van der Waals surface area contributed by atoms with E-state index in [0.29, 0.717) is 22.6 Å². The Balaban J connectivity index is 1.90. The Morgan fingerprint density at radius 2 is 1.93 bits per heavy atom. The second-order valence-corrected chi connectivity index (χ2v) is 8.40. The number of nitrogens with zero attached hydrogens (tertiary/aromatic N) is 1. The number of methoxy groups -OCH3 is 1. The second-order valence-electron chi connectivity index (χ2n) is 6.44. The van der Waals surface area contributed by atoms with Crippen LogP contribution < -0.4 is 14.4 Å². The minimum atomic E-state index is -3.90. The van der Waals surface area contributed by atoms with Crippen molar-refractivity contribution in [1.29, 1.82) is 0 Å². The van der Waals surface area contributed by atoms with Gasteiger partial charge in [-0.25, -0.2) is 8.42 Å². The maximum absolute atomic E-state index is 13.2. The predicted molar refractivity (Wildman–Crippen MR) is 110 cm³/mol. The number of benzene rings is 2. The van der Waals surface area contributed by atoms with E-state index in [9.17, 15) is 13.2 Å². The van der Waals surface area contributed by atoms with E-state index in [1.807, 2.05) is 0 Å². The zero-order chi connectivity index (χ0) is 21.0. The monoisotopic (exact) mass is 414 g/mol. The summed E-state index contributed by atoms with van der Waals surface area (Å²) < 4.78 is 37.7. The number of carbonyl (C=O) groups is 1. The third-order valence-corrected chi connectivity index (χ3v) is 6.34. The van der Waals surface area contributed by atoms with E-state index in [0.717, 1.165) is 9.87 Å². The molecule has 0 bridgehead atoms. The summed E-state index contributed by atoms with van der Waals surface area (Å²) in [6.07, 6.45) is 3.06. The van der Waals surface area contributed by atoms with Crippen LogP contribution in [0.15, 0.2) is 70.4 Å². The Kier molecular flexibility index (Phi) is 5.93. The first kappa shape index (κ1) is 20.5. The van der Waals surface area contributed by atoms with Crippen LogP contribution in [0.1, 0.15) is 21.5 Å². The van der Waals surface area contributed by atoms with Gasteiger partial charge < -0.3 is 14.5 Å². The number of ether oxygens (including phenoxy) is 1. The van der Waals surface area contributed by atoms with E-state index < -0.39 is 10.0 Å². The van der Waals surface area contributed by atoms with Crippen molar-refractivity contribution in [3.05, 3.63) is 77.7 Å². The molecule has 0 aliphatic carbocycles. The largest absolute Gasteiger partial charge is 0.495 e. The summed E-state index contributed by atoms with van der Waals surface area (Å²) in [6, 6.07) is 13.1. The molecule has 0 saturated heterocycles. The van der Waals surface area contributed by atoms with Gasteiger partial charge in [-0.2, -0.15) is 0 Å². The van der Waals surface area contributed by atoms with Gasteiger partial charge in [-0.15, -0.1) is 0 Å². The zero-order valence-electron chi connectivity index (χ0n) is 16.4. The highest BCUT2D eigenvalue weighted by Gasteiger charge is 2.25. The molecule has 0 saturated carbocycles. The Labute approximate surface area is 170 Å². The van der Waals surface area contributed by atoms with Crippen molar-refractivity contribution in [1.82, 2.24) is 5.32 Å². The van der Waals surface area contributed by atoms with Crippen LogP contribution in [0.4, 0.5) is 5.69 Å². The molecule has 1 N–H and O–H groups in total. The highest BCUT2D eigenvalue weighted by atomic mass is 32.2. The number of hydrogen-bond donors (Lipinski definition) is 1. The van der Waals surface area contributed by atoms with E-state index in [1.54, 1.807) is 43.3 Å². The normalized spacial score (nSPS) is 11.1. The maximum atomic E-state index is 13.2. The van der Waals surface area contributed by atoms with Crippen molar-refractivity contribution < 1.29 is 22.4 Å². The number of nitrogens with one attached hydrogen (secondary N) is 1. The lowest BCUT2D eigenvalue weighted by Crippen LogP contribution is -2.28. The Morgan fingerprint density at radius 1 is 1.17 bits per heavy atom. The molecule has 3 rings (SSSR count). The standard InChI is InChI=1S/C21H22N2O5S/c1-15-8-9-17(12-18(15)21(24)22-13-16-10-11-28-14-16)29(25,26)23(2)19-6-4-5-7-20(19)27-3/h4-12,14H,13H2,1-3H3,(H,22,24). The highest BCUT2D eigenvalue weighted by molar-refractivity contribution is 7.92. The fourth-order valence-corrected chi connectivity index (χ4v) is 4.09. The fraction of sp³-hybridized carbons (Fsp3) is 0.190. The molecule has 8 heteroatoms. The molecule has 0 atom stereocenters. The van der Waals surface area contributed by atoms with Crippen molar-refractivity contribution in [2.75, 3.05) is 18.5 Å². The van der Waals surface area contributed by atoms with Crippen molar-refractivity contribution >= 4 is 21.6 Å². The van der Waals surface area contributed by atoms with Crippen molar-refractivity contribution in [3.63, 3.8) is 0 Å². The fourth-order valence-electron chi connectivity index (χ4n) is 2.85. The Morgan fingerprint density at radius 3 is 2.62 bits per heavy atom. The minimum absolute atomic E-state index is 0.0185. The van der Waals surface area contributed by atoms with E-state index in [-0.39, 0.29) is 17.3 Å². The molecule has 152 valence electrons. The number of para-hydroxylation sites is 2. The molecular formula is C21H22N2O5S. The molecule has 1 heterocycles. The van der Waals surface area contributed by atoms with Crippen LogP contribution in [-0.4, -0.2) is 28.5 Å². The number of hydrogen-bond acceptors (Lipinski definition) is 5. The van der Waals surface area contributed by atoms with Crippen molar-refractivity contribution in [2.45, 2.75) is 18.4 Å². The van der Waals surface area contributed by atoms with Gasteiger partial charge in [-0.3, -0.25) is 9.10 Å². The quantitative estimate of drug-likeness (QED) is 0.640. The molecule has 0 unspecified atom stereocenters. The van der Waals surface area contributed by atoms with Crippen LogP contribution in [0.2, 0.25) is 0 Å². The molecular weight excluding hydrogens is 392 g/mol. The van der Waals surface area contributed by atoms with Gasteiger partial charge in [0.1, 0.15) is 5.75 Å². The van der Waals surface area contributed by atoms with Crippen LogP contribution in [0.25, 0.3) is 0 Å². The van der Waals surface area contributed by atoms with Crippen LogP contribution >= 0.6 is 0 Å². The summed E-state index contributed by atoms with van der Waals surface area (Å²) in [5, 5.41) is 2.77. The van der Waals surface area contributed by atoms with Crippen LogP contribution in [0.3, 0.4) is 0 Å². The number of amides is 1. The van der Waals surface area contributed by atoms with Gasteiger partial charge in [-0.1, -0.05) is 18.2 Å². The first-order valence-corrected chi connectivity index (χ1v) is 10.3. The number of rotatable bonds is 7. The Hall–Kier alpha value is -3.26. The number of carbonyl (C=O) groups excluding carboxylic acids is 1. The van der Waals surface area contributed by atoms with Gasteiger partial charge >= 0.3 is 0 Å². The summed E-state index contributed by atoms with van der Waals surface area (Å²) in [4.78, 5) is 12.6. The first-order valence-electron chi connectivity index (χ1n) is 8.86. The van der Waals surface area contributed by atoms with E-state index in [2.05, 4.69) is 5.32 Å². The van der Waals surface area contributed by atoms with Crippen LogP contribution in [0, 0.1) is 6.92 Å². The maximum Gasteiger partial charge on any atom is 0.264 e. The summed E-state index contributed by atoms with van der Waals surface area (Å²) in [6.45, 7) is 2.04. The molecule has 1 amide bonds. The third kappa shape index (κ3) is 4.27. The van der Waals surface area contributed by atoms with Gasteiger partial charge in [0, 0.05) is 24.7 Å². The predicted octanol–water partition coefficient (Wildman–Crippen LogP) is 3.35. The van der Waals surface area contributed by atoms with Crippen molar-refractivity contribution in [3.8, 4) is 5.75 Å². The average molecular weight is 414 g/mol. The average Bonchev–Trinajstić information content (AvgIpc) is 3.25. The number of anilines is 1. The first-order chi connectivity index (χ1) is 13.8. The zero-order valence-corrected chi connectivity index (χ0v) is 17.2. The molecule has 0 aliphatic rings. The van der Waals surface area contributed by atoms with Gasteiger partial charge in [-0.05, 0) is 42.8 Å². The van der Waals surface area contributed by atoms with Crippen LogP contribution in [-0.2, 0) is 16.6 Å². The number of sulfonamides is 1. The second kappa shape index (κ2) is 8.40. The number of aryl methyl sites for hydroxylation is 1.